The molecule has 0 saturated carbocycles. The molecule has 114 valence electrons. The molecule has 20 heavy (non-hydrogen) atoms. The zero-order chi connectivity index (χ0) is 15.0. The number of ether oxygens (including phenoxy) is 3. The minimum atomic E-state index is -4.47. The van der Waals surface area contributed by atoms with E-state index in [9.17, 15) is 13.2 Å². The fraction of sp³-hybridized carbons (Fsp3) is 0.538. The van der Waals surface area contributed by atoms with E-state index in [1.165, 1.54) is 19.2 Å². The van der Waals surface area contributed by atoms with E-state index in [1.54, 1.807) is 0 Å². The van der Waals surface area contributed by atoms with Gasteiger partial charge < -0.3 is 19.9 Å². The number of hydrogen-bond acceptors (Lipinski definition) is 4. The Kier molecular flexibility index (Phi) is 6.77. The second kappa shape index (κ2) is 8.08. The fourth-order valence-corrected chi connectivity index (χ4v) is 1.51. The van der Waals surface area contributed by atoms with Crippen LogP contribution in [0.15, 0.2) is 18.2 Å². The summed E-state index contributed by atoms with van der Waals surface area (Å²) in [6, 6.07) is 3.79. The summed E-state index contributed by atoms with van der Waals surface area (Å²) in [4.78, 5) is 0. The highest BCUT2D eigenvalue weighted by Crippen LogP contribution is 2.36. The van der Waals surface area contributed by atoms with Crippen LogP contribution in [0.2, 0.25) is 0 Å². The molecule has 0 fully saturated rings. The van der Waals surface area contributed by atoms with E-state index in [-0.39, 0.29) is 25.5 Å². The normalized spacial score (nSPS) is 11.7. The van der Waals surface area contributed by atoms with Crippen LogP contribution < -0.4 is 10.5 Å². The molecule has 1 rings (SSSR count). The molecular weight excluding hydrogens is 275 g/mol. The third-order valence-electron chi connectivity index (χ3n) is 2.50. The first kappa shape index (κ1) is 16.7. The van der Waals surface area contributed by atoms with Gasteiger partial charge in [0, 0.05) is 13.7 Å². The van der Waals surface area contributed by atoms with Gasteiger partial charge in [-0.05, 0) is 17.7 Å². The lowest BCUT2D eigenvalue weighted by Crippen LogP contribution is -2.14. The summed E-state index contributed by atoms with van der Waals surface area (Å²) in [5.41, 5.74) is 4.92. The number of benzene rings is 1. The Bertz CT molecular complexity index is 410. The largest absolute Gasteiger partial charge is 0.491 e. The molecule has 0 saturated heterocycles. The van der Waals surface area contributed by atoms with Crippen molar-refractivity contribution in [3.63, 3.8) is 0 Å². The Balaban J connectivity index is 2.60. The number of hydrogen-bond donors (Lipinski definition) is 1. The first-order valence-electron chi connectivity index (χ1n) is 6.08. The maximum Gasteiger partial charge on any atom is 0.419 e. The molecule has 0 amide bonds. The Morgan fingerprint density at radius 1 is 1.10 bits per heavy atom. The molecule has 4 nitrogen and oxygen atoms in total. The summed E-state index contributed by atoms with van der Waals surface area (Å²) >= 11 is 0. The third kappa shape index (κ3) is 5.36. The van der Waals surface area contributed by atoms with E-state index in [0.29, 0.717) is 18.8 Å². The topological polar surface area (TPSA) is 53.7 Å². The number of methoxy groups -OCH3 is 1. The van der Waals surface area contributed by atoms with Gasteiger partial charge in [-0.3, -0.25) is 0 Å². The van der Waals surface area contributed by atoms with Gasteiger partial charge in [-0.15, -0.1) is 0 Å². The fourth-order valence-electron chi connectivity index (χ4n) is 1.51. The third-order valence-corrected chi connectivity index (χ3v) is 2.50. The van der Waals surface area contributed by atoms with Crippen LogP contribution >= 0.6 is 0 Å². The number of alkyl halides is 3. The quantitative estimate of drug-likeness (QED) is 0.747. The molecule has 0 spiro atoms. The average molecular weight is 293 g/mol. The first-order valence-corrected chi connectivity index (χ1v) is 6.08. The molecule has 0 aromatic heterocycles. The molecule has 0 aliphatic carbocycles. The summed E-state index contributed by atoms with van der Waals surface area (Å²) in [5.74, 6) is -0.218. The lowest BCUT2D eigenvalue weighted by atomic mass is 10.1. The monoisotopic (exact) mass is 293 g/mol. The van der Waals surface area contributed by atoms with Gasteiger partial charge in [-0.2, -0.15) is 13.2 Å². The van der Waals surface area contributed by atoms with Crippen molar-refractivity contribution in [3.8, 4) is 5.75 Å². The van der Waals surface area contributed by atoms with Gasteiger partial charge in [0.15, 0.2) is 0 Å². The van der Waals surface area contributed by atoms with E-state index >= 15 is 0 Å². The highest BCUT2D eigenvalue weighted by molar-refractivity contribution is 5.39. The molecule has 1 aromatic carbocycles. The van der Waals surface area contributed by atoms with Crippen LogP contribution in [-0.2, 0) is 22.2 Å². The zero-order valence-corrected chi connectivity index (χ0v) is 11.2. The van der Waals surface area contributed by atoms with Crippen LogP contribution in [0.1, 0.15) is 11.1 Å². The summed E-state index contributed by atoms with van der Waals surface area (Å²) in [6.45, 7) is 1.08. The van der Waals surface area contributed by atoms with E-state index in [0.717, 1.165) is 6.07 Å². The standard InChI is InChI=1S/C13H18F3NO3/c1-18-4-5-19-6-7-20-12-3-2-10(9-17)8-11(12)13(14,15)16/h2-3,8H,4-7,9,17H2,1H3. The Morgan fingerprint density at radius 3 is 2.40 bits per heavy atom. The molecule has 0 aliphatic rings. The second-order valence-corrected chi connectivity index (χ2v) is 3.99. The highest BCUT2D eigenvalue weighted by Gasteiger charge is 2.34. The average Bonchev–Trinajstić information content (AvgIpc) is 2.41. The van der Waals surface area contributed by atoms with Crippen molar-refractivity contribution in [1.29, 1.82) is 0 Å². The van der Waals surface area contributed by atoms with Crippen LogP contribution in [-0.4, -0.2) is 33.5 Å². The maximum absolute atomic E-state index is 12.9. The Labute approximate surface area is 115 Å². The van der Waals surface area contributed by atoms with Gasteiger partial charge in [0.1, 0.15) is 12.4 Å². The minimum Gasteiger partial charge on any atom is -0.491 e. The van der Waals surface area contributed by atoms with Crippen molar-refractivity contribution in [2.75, 3.05) is 33.5 Å². The van der Waals surface area contributed by atoms with Crippen LogP contribution in [0.5, 0.6) is 5.75 Å². The number of halogens is 3. The molecule has 0 atom stereocenters. The SMILES string of the molecule is COCCOCCOc1ccc(CN)cc1C(F)(F)F. The van der Waals surface area contributed by atoms with Crippen molar-refractivity contribution < 1.29 is 27.4 Å². The van der Waals surface area contributed by atoms with Gasteiger partial charge in [0.25, 0.3) is 0 Å². The van der Waals surface area contributed by atoms with Gasteiger partial charge in [0.05, 0.1) is 25.4 Å². The van der Waals surface area contributed by atoms with E-state index < -0.39 is 11.7 Å². The first-order chi connectivity index (χ1) is 9.49. The molecule has 1 aromatic rings. The number of rotatable bonds is 8. The summed E-state index contributed by atoms with van der Waals surface area (Å²) in [7, 11) is 1.54. The molecule has 0 bridgehead atoms. The van der Waals surface area contributed by atoms with Gasteiger partial charge in [-0.25, -0.2) is 0 Å². The lowest BCUT2D eigenvalue weighted by molar-refractivity contribution is -0.139. The highest BCUT2D eigenvalue weighted by atomic mass is 19.4. The second-order valence-electron chi connectivity index (χ2n) is 3.99. The molecule has 0 heterocycles. The van der Waals surface area contributed by atoms with Crippen LogP contribution in [0.4, 0.5) is 13.2 Å². The number of nitrogens with two attached hydrogens (primary N) is 1. The van der Waals surface area contributed by atoms with Gasteiger partial charge in [-0.1, -0.05) is 6.07 Å². The van der Waals surface area contributed by atoms with E-state index in [1.807, 2.05) is 0 Å². The van der Waals surface area contributed by atoms with Crippen molar-refractivity contribution >= 4 is 0 Å². The molecular formula is C13H18F3NO3. The van der Waals surface area contributed by atoms with Crippen molar-refractivity contribution in [3.05, 3.63) is 29.3 Å². The molecule has 7 heteroatoms. The predicted molar refractivity (Wildman–Crippen MR) is 67.5 cm³/mol. The van der Waals surface area contributed by atoms with Gasteiger partial charge >= 0.3 is 6.18 Å². The van der Waals surface area contributed by atoms with Crippen LogP contribution in [0, 0.1) is 0 Å². The molecule has 2 N–H and O–H groups in total. The minimum absolute atomic E-state index is 0.0365. The van der Waals surface area contributed by atoms with E-state index in [4.69, 9.17) is 19.9 Å². The Hall–Kier alpha value is -1.31. The van der Waals surface area contributed by atoms with Crippen molar-refractivity contribution in [1.82, 2.24) is 0 Å². The van der Waals surface area contributed by atoms with E-state index in [2.05, 4.69) is 0 Å². The van der Waals surface area contributed by atoms with Crippen LogP contribution in [0.25, 0.3) is 0 Å². The van der Waals surface area contributed by atoms with Crippen molar-refractivity contribution in [2.24, 2.45) is 5.73 Å². The molecule has 0 aliphatic heterocycles. The van der Waals surface area contributed by atoms with Crippen LogP contribution in [0.3, 0.4) is 0 Å². The smallest absolute Gasteiger partial charge is 0.419 e. The van der Waals surface area contributed by atoms with Gasteiger partial charge in [0.2, 0.25) is 0 Å². The Morgan fingerprint density at radius 2 is 1.80 bits per heavy atom. The summed E-state index contributed by atoms with van der Waals surface area (Å²) in [5, 5.41) is 0. The molecule has 0 radical (unpaired) electrons. The summed E-state index contributed by atoms with van der Waals surface area (Å²) in [6.07, 6.45) is -4.47. The van der Waals surface area contributed by atoms with Crippen molar-refractivity contribution in [2.45, 2.75) is 12.7 Å². The predicted octanol–water partition coefficient (Wildman–Crippen LogP) is 2.21. The summed E-state index contributed by atoms with van der Waals surface area (Å²) < 4.78 is 53.6. The molecule has 0 unspecified atom stereocenters. The lowest BCUT2D eigenvalue weighted by Gasteiger charge is -2.15. The zero-order valence-electron chi connectivity index (χ0n) is 11.2. The maximum atomic E-state index is 12.9.